The lowest BCUT2D eigenvalue weighted by Crippen LogP contribution is -2.38. The zero-order valence-corrected chi connectivity index (χ0v) is 19.7. The van der Waals surface area contributed by atoms with Crippen LogP contribution in [0.4, 0.5) is 0 Å². The van der Waals surface area contributed by atoms with E-state index >= 15 is 0 Å². The fourth-order valence-electron chi connectivity index (χ4n) is 2.81. The van der Waals surface area contributed by atoms with Crippen LogP contribution in [0.25, 0.3) is 0 Å². The first-order valence-corrected chi connectivity index (χ1v) is 10.8. The van der Waals surface area contributed by atoms with E-state index < -0.39 is 18.0 Å². The number of carbonyl (C=O) groups is 1. The first kappa shape index (κ1) is 26.2. The summed E-state index contributed by atoms with van der Waals surface area (Å²) >= 11 is 5.98. The van der Waals surface area contributed by atoms with Crippen molar-refractivity contribution in [2.75, 3.05) is 6.54 Å². The zero-order chi connectivity index (χ0) is 22.9. The molecule has 0 saturated carbocycles. The maximum atomic E-state index is 10.8. The van der Waals surface area contributed by atoms with E-state index in [0.29, 0.717) is 17.5 Å². The second-order valence-corrected chi connectivity index (χ2v) is 9.47. The summed E-state index contributed by atoms with van der Waals surface area (Å²) in [5.41, 5.74) is 2.92. The fourth-order valence-corrected chi connectivity index (χ4v) is 3.08. The number of benzene rings is 2. The van der Waals surface area contributed by atoms with Crippen molar-refractivity contribution < 1.29 is 15.0 Å². The Kier molecular flexibility index (Phi) is 10.5. The van der Waals surface area contributed by atoms with Gasteiger partial charge in [0.25, 0.3) is 0 Å². The molecule has 0 bridgehead atoms. The lowest BCUT2D eigenvalue weighted by molar-refractivity contribution is -0.138. The molecule has 0 aliphatic rings. The molecule has 0 spiro atoms. The van der Waals surface area contributed by atoms with Gasteiger partial charge in [0.15, 0.2) is 0 Å². The third-order valence-electron chi connectivity index (χ3n) is 4.58. The van der Waals surface area contributed by atoms with E-state index in [0.717, 1.165) is 17.5 Å². The second-order valence-electron chi connectivity index (χ2n) is 9.07. The number of aliphatic carboxylic acids is 1. The van der Waals surface area contributed by atoms with Crippen molar-refractivity contribution in [2.24, 2.45) is 5.92 Å². The summed E-state index contributed by atoms with van der Waals surface area (Å²) in [4.78, 5) is 10.8. The Morgan fingerprint density at radius 3 is 2.07 bits per heavy atom. The lowest BCUT2D eigenvalue weighted by Gasteiger charge is -2.23. The van der Waals surface area contributed by atoms with E-state index in [1.54, 1.807) is 13.0 Å². The Labute approximate surface area is 186 Å². The van der Waals surface area contributed by atoms with Gasteiger partial charge in [-0.1, -0.05) is 67.9 Å². The smallest absolute Gasteiger partial charge is 0.310 e. The highest BCUT2D eigenvalue weighted by atomic mass is 35.5. The molecule has 3 N–H and O–H groups in total. The second kappa shape index (κ2) is 12.1. The summed E-state index contributed by atoms with van der Waals surface area (Å²) in [6.45, 7) is 12.7. The largest absolute Gasteiger partial charge is 0.481 e. The molecule has 2 rings (SSSR count). The summed E-state index contributed by atoms with van der Waals surface area (Å²) in [5, 5.41) is 22.6. The molecule has 0 aliphatic carbocycles. The van der Waals surface area contributed by atoms with Crippen molar-refractivity contribution in [3.05, 3.63) is 70.2 Å². The van der Waals surface area contributed by atoms with Crippen molar-refractivity contribution in [1.29, 1.82) is 0 Å². The number of carboxylic acid groups (broad SMARTS) is 1. The molecular weight excluding hydrogens is 398 g/mol. The van der Waals surface area contributed by atoms with Crippen LogP contribution < -0.4 is 5.32 Å². The van der Waals surface area contributed by atoms with Gasteiger partial charge in [0.05, 0.1) is 12.0 Å². The molecular formula is C25H36ClNO3. The Bertz CT molecular complexity index is 782. The molecule has 4 nitrogen and oxygen atoms in total. The highest BCUT2D eigenvalue weighted by molar-refractivity contribution is 6.31. The predicted octanol–water partition coefficient (Wildman–Crippen LogP) is 5.83. The number of rotatable bonds is 7. The number of aliphatic hydroxyl groups is 1. The molecule has 0 saturated heterocycles. The van der Waals surface area contributed by atoms with Crippen molar-refractivity contribution in [1.82, 2.24) is 5.32 Å². The Morgan fingerprint density at radius 1 is 1.03 bits per heavy atom. The quantitative estimate of drug-likeness (QED) is 0.513. The van der Waals surface area contributed by atoms with Gasteiger partial charge < -0.3 is 15.5 Å². The number of hydrogen-bond donors (Lipinski definition) is 3. The van der Waals surface area contributed by atoms with Crippen molar-refractivity contribution in [3.63, 3.8) is 0 Å². The maximum absolute atomic E-state index is 10.8. The SMILES string of the molecule is CC(C)(C)NCC(O)c1ccccc1Cl.CC(C)Cc1ccc(C(C)C(=O)O)cc1. The molecule has 2 atom stereocenters. The number of nitrogens with one attached hydrogen (secondary N) is 1. The number of β-amino-alcohol motifs (C(OH)–C–C–N with tert-alkyl or cyclic N) is 1. The summed E-state index contributed by atoms with van der Waals surface area (Å²) in [5.74, 6) is -0.558. The van der Waals surface area contributed by atoms with E-state index in [1.165, 1.54) is 5.56 Å². The van der Waals surface area contributed by atoms with Crippen LogP contribution >= 0.6 is 11.6 Å². The average Bonchev–Trinajstić information content (AvgIpc) is 2.66. The Morgan fingerprint density at radius 2 is 1.60 bits per heavy atom. The number of hydrogen-bond acceptors (Lipinski definition) is 3. The monoisotopic (exact) mass is 433 g/mol. The minimum absolute atomic E-state index is 0.00222. The number of carboxylic acids is 1. The van der Waals surface area contributed by atoms with Gasteiger partial charge in [0.1, 0.15) is 0 Å². The third-order valence-corrected chi connectivity index (χ3v) is 4.93. The fraction of sp³-hybridized carbons (Fsp3) is 0.480. The van der Waals surface area contributed by atoms with Crippen LogP contribution in [0.15, 0.2) is 48.5 Å². The van der Waals surface area contributed by atoms with Crippen molar-refractivity contribution in [2.45, 2.75) is 65.5 Å². The molecule has 0 heterocycles. The molecule has 0 aliphatic heterocycles. The van der Waals surface area contributed by atoms with Gasteiger partial charge in [-0.25, -0.2) is 0 Å². The molecule has 2 aromatic carbocycles. The highest BCUT2D eigenvalue weighted by Crippen LogP contribution is 2.22. The van der Waals surface area contributed by atoms with E-state index in [2.05, 4.69) is 39.9 Å². The van der Waals surface area contributed by atoms with Gasteiger partial charge in [-0.05, 0) is 57.2 Å². The number of aliphatic hydroxyl groups excluding tert-OH is 1. The standard InChI is InChI=1S/C13H18O2.C12H18ClNO/c1-9(2)8-11-4-6-12(7-5-11)10(3)13(14)15;1-12(2,3)14-8-11(15)9-6-4-5-7-10(9)13/h4-7,9-10H,8H2,1-3H3,(H,14,15);4-7,11,14-15H,8H2,1-3H3. The van der Waals surface area contributed by atoms with Crippen molar-refractivity contribution >= 4 is 17.6 Å². The van der Waals surface area contributed by atoms with Gasteiger partial charge in [0.2, 0.25) is 0 Å². The van der Waals surface area contributed by atoms with Gasteiger partial charge >= 0.3 is 5.97 Å². The van der Waals surface area contributed by atoms with Crippen molar-refractivity contribution in [3.8, 4) is 0 Å². The molecule has 0 fully saturated rings. The van der Waals surface area contributed by atoms with E-state index in [4.69, 9.17) is 16.7 Å². The Hall–Kier alpha value is -1.88. The highest BCUT2D eigenvalue weighted by Gasteiger charge is 2.15. The normalized spacial score (nSPS) is 13.4. The molecule has 0 aromatic heterocycles. The molecule has 5 heteroatoms. The predicted molar refractivity (Wildman–Crippen MR) is 125 cm³/mol. The summed E-state index contributed by atoms with van der Waals surface area (Å²) < 4.78 is 0. The van der Waals surface area contributed by atoms with Crippen LogP contribution in [0.2, 0.25) is 5.02 Å². The maximum Gasteiger partial charge on any atom is 0.310 e. The lowest BCUT2D eigenvalue weighted by atomic mass is 9.97. The first-order chi connectivity index (χ1) is 13.9. The van der Waals surface area contributed by atoms with Gasteiger partial charge in [-0.3, -0.25) is 4.79 Å². The molecule has 2 unspecified atom stereocenters. The minimum Gasteiger partial charge on any atom is -0.481 e. The molecule has 2 aromatic rings. The molecule has 0 radical (unpaired) electrons. The van der Waals surface area contributed by atoms with Crippen LogP contribution in [0.3, 0.4) is 0 Å². The van der Waals surface area contributed by atoms with E-state index in [-0.39, 0.29) is 5.54 Å². The van der Waals surface area contributed by atoms with Crippen LogP contribution in [0, 0.1) is 5.92 Å². The number of halogens is 1. The molecule has 30 heavy (non-hydrogen) atoms. The molecule has 166 valence electrons. The summed E-state index contributed by atoms with van der Waals surface area (Å²) in [6.07, 6.45) is 0.486. The van der Waals surface area contributed by atoms with E-state index in [1.807, 2.05) is 42.5 Å². The van der Waals surface area contributed by atoms with Gasteiger partial charge in [-0.15, -0.1) is 0 Å². The van der Waals surface area contributed by atoms with Gasteiger partial charge in [0, 0.05) is 22.7 Å². The summed E-state index contributed by atoms with van der Waals surface area (Å²) in [7, 11) is 0. The third kappa shape index (κ3) is 9.75. The van der Waals surface area contributed by atoms with Crippen LogP contribution in [-0.2, 0) is 11.2 Å². The van der Waals surface area contributed by atoms with E-state index in [9.17, 15) is 9.90 Å². The van der Waals surface area contributed by atoms with Crippen LogP contribution in [-0.4, -0.2) is 28.3 Å². The summed E-state index contributed by atoms with van der Waals surface area (Å²) in [6, 6.07) is 15.2. The average molecular weight is 434 g/mol. The minimum atomic E-state index is -0.772. The topological polar surface area (TPSA) is 69.6 Å². The molecule has 0 amide bonds. The Balaban J connectivity index is 0.000000300. The zero-order valence-electron chi connectivity index (χ0n) is 18.9. The van der Waals surface area contributed by atoms with Crippen LogP contribution in [0.5, 0.6) is 0 Å². The van der Waals surface area contributed by atoms with Gasteiger partial charge in [-0.2, -0.15) is 0 Å². The van der Waals surface area contributed by atoms with Crippen LogP contribution in [0.1, 0.15) is 70.3 Å². The first-order valence-electron chi connectivity index (χ1n) is 10.4.